The average molecular weight is 360 g/mol. The van der Waals surface area contributed by atoms with E-state index in [1.807, 2.05) is 0 Å². The van der Waals surface area contributed by atoms with E-state index in [1.165, 1.54) is 37.2 Å². The van der Waals surface area contributed by atoms with E-state index in [0.29, 0.717) is 6.04 Å². The summed E-state index contributed by atoms with van der Waals surface area (Å²) >= 11 is 0. The monoisotopic (exact) mass is 359 g/mol. The van der Waals surface area contributed by atoms with Crippen molar-refractivity contribution in [2.45, 2.75) is 32.7 Å². The highest BCUT2D eigenvalue weighted by Gasteiger charge is 2.36. The molecule has 2 fully saturated rings. The fraction of sp³-hybridized carbons (Fsp3) is 0.667. The Bertz CT molecular complexity index is 438. The Morgan fingerprint density at radius 1 is 1.04 bits per heavy atom. The smallest absolute Gasteiger partial charge is 0.0377 e. The number of nitrogens with zero attached hydrogens (tertiary/aromatic N) is 2. The van der Waals surface area contributed by atoms with Crippen LogP contribution in [0.4, 0.5) is 5.69 Å². The van der Waals surface area contributed by atoms with Gasteiger partial charge in [0.15, 0.2) is 0 Å². The van der Waals surface area contributed by atoms with Crippen molar-refractivity contribution >= 4 is 30.5 Å². The lowest BCUT2D eigenvalue weighted by Gasteiger charge is -2.35. The maximum Gasteiger partial charge on any atom is 0.0377 e. The van der Waals surface area contributed by atoms with E-state index in [9.17, 15) is 0 Å². The van der Waals surface area contributed by atoms with Crippen LogP contribution in [0.3, 0.4) is 0 Å². The number of halogens is 2. The second-order valence-corrected chi connectivity index (χ2v) is 6.33. The third kappa shape index (κ3) is 4.99. The third-order valence-corrected chi connectivity index (χ3v) is 4.98. The summed E-state index contributed by atoms with van der Waals surface area (Å²) in [5.41, 5.74) is 2.88. The SMILES string of the molecule is CCN(CC)c1ccc([C@@H](C2CC2)N2CCNCC2)cc1.Cl.Cl. The van der Waals surface area contributed by atoms with Crippen molar-refractivity contribution in [2.24, 2.45) is 5.92 Å². The molecule has 0 spiro atoms. The summed E-state index contributed by atoms with van der Waals surface area (Å²) in [4.78, 5) is 5.11. The van der Waals surface area contributed by atoms with Gasteiger partial charge in [-0.1, -0.05) is 12.1 Å². The van der Waals surface area contributed by atoms with Gasteiger partial charge in [0.25, 0.3) is 0 Å². The van der Waals surface area contributed by atoms with Gasteiger partial charge in [0.1, 0.15) is 0 Å². The molecule has 1 aliphatic heterocycles. The minimum Gasteiger partial charge on any atom is -0.372 e. The van der Waals surface area contributed by atoms with Crippen LogP contribution in [0.5, 0.6) is 0 Å². The van der Waals surface area contributed by atoms with E-state index in [1.54, 1.807) is 0 Å². The molecule has 0 amide bonds. The molecule has 1 aromatic rings. The predicted octanol–water partition coefficient (Wildman–Crippen LogP) is 3.73. The molecule has 3 rings (SSSR count). The highest BCUT2D eigenvalue weighted by molar-refractivity contribution is 5.85. The lowest BCUT2D eigenvalue weighted by molar-refractivity contribution is 0.156. The topological polar surface area (TPSA) is 18.5 Å². The van der Waals surface area contributed by atoms with Crippen LogP contribution >= 0.6 is 24.8 Å². The lowest BCUT2D eigenvalue weighted by Crippen LogP contribution is -2.45. The minimum absolute atomic E-state index is 0. The Hall–Kier alpha value is -0.480. The van der Waals surface area contributed by atoms with E-state index in [2.05, 4.69) is 53.2 Å². The molecule has 1 atom stereocenters. The molecule has 23 heavy (non-hydrogen) atoms. The van der Waals surface area contributed by atoms with E-state index in [-0.39, 0.29) is 24.8 Å². The maximum absolute atomic E-state index is 3.47. The van der Waals surface area contributed by atoms with Crippen molar-refractivity contribution in [3.05, 3.63) is 29.8 Å². The fourth-order valence-corrected chi connectivity index (χ4v) is 3.62. The van der Waals surface area contributed by atoms with Crippen LogP contribution in [0.1, 0.15) is 38.3 Å². The molecule has 132 valence electrons. The molecular formula is C18H31Cl2N3. The first kappa shape index (κ1) is 20.6. The molecule has 5 heteroatoms. The first-order valence-corrected chi connectivity index (χ1v) is 8.63. The van der Waals surface area contributed by atoms with Crippen LogP contribution in [0.2, 0.25) is 0 Å². The number of piperazine rings is 1. The molecule has 2 aliphatic rings. The fourth-order valence-electron chi connectivity index (χ4n) is 3.62. The van der Waals surface area contributed by atoms with Crippen molar-refractivity contribution in [3.8, 4) is 0 Å². The second kappa shape index (κ2) is 9.73. The zero-order valence-electron chi connectivity index (χ0n) is 14.3. The molecule has 1 aliphatic carbocycles. The standard InChI is InChI=1S/C18H29N3.2ClH/c1-3-20(4-2)17-9-7-16(8-10-17)18(15-5-6-15)21-13-11-19-12-14-21;;/h7-10,15,18-19H,3-6,11-14H2,1-2H3;2*1H/t18-;;/m1../s1. The van der Waals surface area contributed by atoms with Crippen LogP contribution < -0.4 is 10.2 Å². The van der Waals surface area contributed by atoms with E-state index < -0.39 is 0 Å². The van der Waals surface area contributed by atoms with Gasteiger partial charge in [0, 0.05) is 51.0 Å². The second-order valence-electron chi connectivity index (χ2n) is 6.33. The number of rotatable bonds is 6. The molecule has 1 aromatic carbocycles. The van der Waals surface area contributed by atoms with Gasteiger partial charge >= 0.3 is 0 Å². The molecule has 0 bridgehead atoms. The van der Waals surface area contributed by atoms with Crippen molar-refractivity contribution in [1.82, 2.24) is 10.2 Å². The molecule has 3 nitrogen and oxygen atoms in total. The van der Waals surface area contributed by atoms with Crippen molar-refractivity contribution in [1.29, 1.82) is 0 Å². The Morgan fingerprint density at radius 3 is 2.09 bits per heavy atom. The van der Waals surface area contributed by atoms with E-state index in [0.717, 1.165) is 32.1 Å². The Morgan fingerprint density at radius 2 is 1.61 bits per heavy atom. The van der Waals surface area contributed by atoms with E-state index in [4.69, 9.17) is 0 Å². The molecule has 1 N–H and O–H groups in total. The Balaban J connectivity index is 0.00000132. The van der Waals surface area contributed by atoms with Gasteiger partial charge in [-0.3, -0.25) is 4.90 Å². The predicted molar refractivity (Wildman–Crippen MR) is 104 cm³/mol. The summed E-state index contributed by atoms with van der Waals surface area (Å²) in [7, 11) is 0. The number of benzene rings is 1. The average Bonchev–Trinajstić information content (AvgIpc) is 3.36. The van der Waals surface area contributed by atoms with Crippen LogP contribution in [0.25, 0.3) is 0 Å². The minimum atomic E-state index is 0. The van der Waals surface area contributed by atoms with E-state index >= 15 is 0 Å². The summed E-state index contributed by atoms with van der Waals surface area (Å²) in [6, 6.07) is 10.0. The molecule has 1 saturated heterocycles. The Kier molecular flexibility index (Phi) is 8.70. The lowest BCUT2D eigenvalue weighted by atomic mass is 9.99. The summed E-state index contributed by atoms with van der Waals surface area (Å²) in [5, 5.41) is 3.47. The molecule has 0 aromatic heterocycles. The highest BCUT2D eigenvalue weighted by Crippen LogP contribution is 2.44. The maximum atomic E-state index is 3.47. The van der Waals surface area contributed by atoms with Gasteiger partial charge in [-0.05, 0) is 50.3 Å². The Labute approximate surface area is 153 Å². The number of hydrogen-bond donors (Lipinski definition) is 1. The first-order chi connectivity index (χ1) is 10.3. The highest BCUT2D eigenvalue weighted by atomic mass is 35.5. The van der Waals surface area contributed by atoms with Crippen molar-refractivity contribution in [3.63, 3.8) is 0 Å². The van der Waals surface area contributed by atoms with Crippen LogP contribution in [-0.4, -0.2) is 44.2 Å². The summed E-state index contributed by atoms with van der Waals surface area (Å²) < 4.78 is 0. The van der Waals surface area contributed by atoms with Gasteiger partial charge in [0.2, 0.25) is 0 Å². The van der Waals surface area contributed by atoms with Gasteiger partial charge < -0.3 is 10.2 Å². The largest absolute Gasteiger partial charge is 0.372 e. The molecule has 1 saturated carbocycles. The number of hydrogen-bond acceptors (Lipinski definition) is 3. The van der Waals surface area contributed by atoms with Crippen molar-refractivity contribution < 1.29 is 0 Å². The quantitative estimate of drug-likeness (QED) is 0.834. The van der Waals surface area contributed by atoms with Crippen molar-refractivity contribution in [2.75, 3.05) is 44.2 Å². The first-order valence-electron chi connectivity index (χ1n) is 8.63. The van der Waals surface area contributed by atoms with Gasteiger partial charge in [0.05, 0.1) is 0 Å². The molecule has 1 heterocycles. The molecule has 0 unspecified atom stereocenters. The summed E-state index contributed by atoms with van der Waals surface area (Å²) in [5.74, 6) is 0.891. The van der Waals surface area contributed by atoms with Crippen LogP contribution in [0, 0.1) is 5.92 Å². The normalized spacial score (nSPS) is 19.4. The molecular weight excluding hydrogens is 329 g/mol. The third-order valence-electron chi connectivity index (χ3n) is 4.98. The van der Waals surface area contributed by atoms with Crippen LogP contribution in [0.15, 0.2) is 24.3 Å². The number of anilines is 1. The zero-order valence-corrected chi connectivity index (χ0v) is 16.0. The summed E-state index contributed by atoms with van der Waals surface area (Å²) in [6.07, 6.45) is 2.82. The molecule has 0 radical (unpaired) electrons. The van der Waals surface area contributed by atoms with Gasteiger partial charge in [-0.15, -0.1) is 24.8 Å². The van der Waals surface area contributed by atoms with Gasteiger partial charge in [-0.2, -0.15) is 0 Å². The zero-order chi connectivity index (χ0) is 14.7. The number of nitrogens with one attached hydrogen (secondary N) is 1. The van der Waals surface area contributed by atoms with Gasteiger partial charge in [-0.25, -0.2) is 0 Å². The summed E-state index contributed by atoms with van der Waals surface area (Å²) in [6.45, 7) is 11.3. The van der Waals surface area contributed by atoms with Crippen LogP contribution in [-0.2, 0) is 0 Å².